The molecule has 0 spiro atoms. The Hall–Kier alpha value is -1.42. The molecule has 0 saturated carbocycles. The predicted octanol–water partition coefficient (Wildman–Crippen LogP) is 1.50. The molecule has 0 bridgehead atoms. The number of aromatic nitrogens is 1. The number of carbonyl (C=O) groups excluding carboxylic acids is 1. The number of hydrogen-bond donors (Lipinski definition) is 1. The highest BCUT2D eigenvalue weighted by Crippen LogP contribution is 2.32. The molecular weight excluding hydrogens is 226 g/mol. The van der Waals surface area contributed by atoms with E-state index in [1.165, 1.54) is 5.56 Å². The van der Waals surface area contributed by atoms with Gasteiger partial charge in [-0.3, -0.25) is 9.78 Å². The van der Waals surface area contributed by atoms with Gasteiger partial charge in [-0.25, -0.2) is 0 Å². The lowest BCUT2D eigenvalue weighted by atomic mass is 10.1. The normalized spacial score (nSPS) is 27.7. The Labute approximate surface area is 107 Å². The maximum atomic E-state index is 12.5. The van der Waals surface area contributed by atoms with Crippen LogP contribution >= 0.6 is 0 Å². The first-order chi connectivity index (χ1) is 8.86. The van der Waals surface area contributed by atoms with E-state index >= 15 is 0 Å². The van der Waals surface area contributed by atoms with Gasteiger partial charge in [0, 0.05) is 18.9 Å². The molecule has 2 atom stereocenters. The van der Waals surface area contributed by atoms with Crippen LogP contribution in [0.5, 0.6) is 0 Å². The Morgan fingerprint density at radius 3 is 3.06 bits per heavy atom. The summed E-state index contributed by atoms with van der Waals surface area (Å²) in [5.41, 5.74) is 1.17. The van der Waals surface area contributed by atoms with Gasteiger partial charge in [0.1, 0.15) is 0 Å². The highest BCUT2D eigenvalue weighted by atomic mass is 16.2. The molecule has 4 heteroatoms. The van der Waals surface area contributed by atoms with Crippen molar-refractivity contribution >= 4 is 5.91 Å². The standard InChI is InChI=1S/C14H19N3O/c18-14(12-5-2-8-16-12)17-9-3-6-13(17)11-4-1-7-15-10-11/h1,4,7,10,12-13,16H,2-3,5-6,8-9H2/t12-,13?/m1/s1. The van der Waals surface area contributed by atoms with E-state index in [2.05, 4.69) is 16.4 Å². The molecule has 0 radical (unpaired) electrons. The van der Waals surface area contributed by atoms with Crippen LogP contribution in [0.3, 0.4) is 0 Å². The van der Waals surface area contributed by atoms with Crippen LogP contribution in [0.1, 0.15) is 37.3 Å². The van der Waals surface area contributed by atoms with Gasteiger partial charge in [-0.15, -0.1) is 0 Å². The summed E-state index contributed by atoms with van der Waals surface area (Å²) in [6, 6.07) is 4.30. The molecule has 1 aromatic heterocycles. The second kappa shape index (κ2) is 5.06. The van der Waals surface area contributed by atoms with Crippen LogP contribution in [0, 0.1) is 0 Å². The Morgan fingerprint density at radius 1 is 1.39 bits per heavy atom. The number of hydrogen-bond acceptors (Lipinski definition) is 3. The summed E-state index contributed by atoms with van der Waals surface area (Å²) in [5, 5.41) is 3.30. The molecule has 2 fully saturated rings. The van der Waals surface area contributed by atoms with E-state index in [0.29, 0.717) is 0 Å². The monoisotopic (exact) mass is 245 g/mol. The molecule has 96 valence electrons. The second-order valence-corrected chi connectivity index (χ2v) is 5.12. The van der Waals surface area contributed by atoms with Crippen LogP contribution in [0.25, 0.3) is 0 Å². The molecule has 3 heterocycles. The molecule has 18 heavy (non-hydrogen) atoms. The molecule has 2 aliphatic heterocycles. The van der Waals surface area contributed by atoms with Crippen LogP contribution < -0.4 is 5.32 Å². The molecule has 2 aliphatic rings. The summed E-state index contributed by atoms with van der Waals surface area (Å²) in [6.07, 6.45) is 7.92. The Morgan fingerprint density at radius 2 is 2.33 bits per heavy atom. The average molecular weight is 245 g/mol. The van der Waals surface area contributed by atoms with Crippen molar-refractivity contribution in [1.29, 1.82) is 0 Å². The van der Waals surface area contributed by atoms with Gasteiger partial charge in [0.05, 0.1) is 12.1 Å². The quantitative estimate of drug-likeness (QED) is 0.858. The van der Waals surface area contributed by atoms with Crippen molar-refractivity contribution in [1.82, 2.24) is 15.2 Å². The van der Waals surface area contributed by atoms with E-state index in [-0.39, 0.29) is 18.0 Å². The highest BCUT2D eigenvalue weighted by molar-refractivity contribution is 5.82. The lowest BCUT2D eigenvalue weighted by Gasteiger charge is -2.27. The fourth-order valence-corrected chi connectivity index (χ4v) is 3.05. The first kappa shape index (κ1) is 11.7. The lowest BCUT2D eigenvalue weighted by Crippen LogP contribution is -2.43. The van der Waals surface area contributed by atoms with E-state index in [4.69, 9.17) is 0 Å². The maximum absolute atomic E-state index is 12.5. The van der Waals surface area contributed by atoms with E-state index in [9.17, 15) is 4.79 Å². The fraction of sp³-hybridized carbons (Fsp3) is 0.571. The maximum Gasteiger partial charge on any atom is 0.240 e. The second-order valence-electron chi connectivity index (χ2n) is 5.12. The van der Waals surface area contributed by atoms with Gasteiger partial charge in [0.25, 0.3) is 0 Å². The average Bonchev–Trinajstić information content (AvgIpc) is 3.10. The zero-order chi connectivity index (χ0) is 12.4. The van der Waals surface area contributed by atoms with Crippen LogP contribution in [-0.4, -0.2) is 34.9 Å². The SMILES string of the molecule is O=C([C@H]1CCCN1)N1CCCC1c1cccnc1. The highest BCUT2D eigenvalue weighted by Gasteiger charge is 2.34. The summed E-state index contributed by atoms with van der Waals surface area (Å²) in [4.78, 5) is 18.7. The smallest absolute Gasteiger partial charge is 0.240 e. The van der Waals surface area contributed by atoms with Crippen LogP contribution in [-0.2, 0) is 4.79 Å². The zero-order valence-corrected chi connectivity index (χ0v) is 10.5. The molecular formula is C14H19N3O. The van der Waals surface area contributed by atoms with Crippen LogP contribution in [0.15, 0.2) is 24.5 Å². The largest absolute Gasteiger partial charge is 0.334 e. The number of carbonyl (C=O) groups is 1. The number of rotatable bonds is 2. The fourth-order valence-electron chi connectivity index (χ4n) is 3.05. The van der Waals surface area contributed by atoms with E-state index in [0.717, 1.165) is 38.8 Å². The van der Waals surface area contributed by atoms with Crippen molar-refractivity contribution in [2.45, 2.75) is 37.8 Å². The minimum absolute atomic E-state index is 0.0438. The minimum Gasteiger partial charge on any atom is -0.334 e. The van der Waals surface area contributed by atoms with Crippen molar-refractivity contribution in [3.8, 4) is 0 Å². The first-order valence-corrected chi connectivity index (χ1v) is 6.80. The van der Waals surface area contributed by atoms with Gasteiger partial charge in [0.15, 0.2) is 0 Å². The van der Waals surface area contributed by atoms with E-state index < -0.39 is 0 Å². The van der Waals surface area contributed by atoms with Gasteiger partial charge in [-0.1, -0.05) is 6.07 Å². The number of nitrogens with one attached hydrogen (secondary N) is 1. The van der Waals surface area contributed by atoms with Crippen molar-refractivity contribution < 1.29 is 4.79 Å². The van der Waals surface area contributed by atoms with E-state index in [1.807, 2.05) is 17.2 Å². The van der Waals surface area contributed by atoms with Gasteiger partial charge >= 0.3 is 0 Å². The molecule has 0 aliphatic carbocycles. The van der Waals surface area contributed by atoms with Crippen molar-refractivity contribution in [3.05, 3.63) is 30.1 Å². The van der Waals surface area contributed by atoms with Crippen molar-refractivity contribution in [2.75, 3.05) is 13.1 Å². The predicted molar refractivity (Wildman–Crippen MR) is 68.9 cm³/mol. The van der Waals surface area contributed by atoms with Gasteiger partial charge in [0.2, 0.25) is 5.91 Å². The van der Waals surface area contributed by atoms with Gasteiger partial charge in [-0.05, 0) is 43.9 Å². The number of pyridine rings is 1. The summed E-state index contributed by atoms with van der Waals surface area (Å²) in [7, 11) is 0. The van der Waals surface area contributed by atoms with Gasteiger partial charge in [-0.2, -0.15) is 0 Å². The third kappa shape index (κ3) is 2.12. The third-order valence-electron chi connectivity index (χ3n) is 3.96. The Kier molecular flexibility index (Phi) is 3.28. The number of amides is 1. The van der Waals surface area contributed by atoms with Crippen molar-refractivity contribution in [3.63, 3.8) is 0 Å². The Balaban J connectivity index is 1.77. The molecule has 1 unspecified atom stereocenters. The molecule has 1 aromatic rings. The lowest BCUT2D eigenvalue weighted by molar-refractivity contribution is -0.134. The molecule has 4 nitrogen and oxygen atoms in total. The van der Waals surface area contributed by atoms with Gasteiger partial charge < -0.3 is 10.2 Å². The third-order valence-corrected chi connectivity index (χ3v) is 3.96. The zero-order valence-electron chi connectivity index (χ0n) is 10.5. The topological polar surface area (TPSA) is 45.2 Å². The van der Waals surface area contributed by atoms with E-state index in [1.54, 1.807) is 6.20 Å². The first-order valence-electron chi connectivity index (χ1n) is 6.80. The Bertz CT molecular complexity index is 414. The number of likely N-dealkylation sites (tertiary alicyclic amines) is 1. The number of nitrogens with zero attached hydrogens (tertiary/aromatic N) is 2. The molecule has 0 aromatic carbocycles. The van der Waals surface area contributed by atoms with Crippen molar-refractivity contribution in [2.24, 2.45) is 0 Å². The summed E-state index contributed by atoms with van der Waals surface area (Å²) >= 11 is 0. The van der Waals surface area contributed by atoms with Crippen LogP contribution in [0.4, 0.5) is 0 Å². The summed E-state index contributed by atoms with van der Waals surface area (Å²) < 4.78 is 0. The molecule has 1 N–H and O–H groups in total. The van der Waals surface area contributed by atoms with Crippen LogP contribution in [0.2, 0.25) is 0 Å². The summed E-state index contributed by atoms with van der Waals surface area (Å²) in [5.74, 6) is 0.277. The summed E-state index contributed by atoms with van der Waals surface area (Å²) in [6.45, 7) is 1.86. The molecule has 2 saturated heterocycles. The molecule has 3 rings (SSSR count). The minimum atomic E-state index is 0.0438. The molecule has 1 amide bonds.